The first-order valence-corrected chi connectivity index (χ1v) is 10.6. The summed E-state index contributed by atoms with van der Waals surface area (Å²) in [6.07, 6.45) is 0.347. The molecule has 0 N–H and O–H groups in total. The maximum absolute atomic E-state index is 13.7. The zero-order valence-electron chi connectivity index (χ0n) is 17.4. The Morgan fingerprint density at radius 2 is 1.47 bits per heavy atom. The highest BCUT2D eigenvalue weighted by molar-refractivity contribution is 6.15. The predicted octanol–water partition coefficient (Wildman–Crippen LogP) is 3.91. The summed E-state index contributed by atoms with van der Waals surface area (Å²) in [6.45, 7) is 0.261. The number of carbonyl (C=O) groups excluding carboxylic acids is 3. The molecule has 0 aromatic heterocycles. The molecule has 0 unspecified atom stereocenters. The van der Waals surface area contributed by atoms with Crippen LogP contribution >= 0.6 is 0 Å². The van der Waals surface area contributed by atoms with Crippen LogP contribution in [-0.2, 0) is 27.5 Å². The van der Waals surface area contributed by atoms with Crippen LogP contribution in [0.3, 0.4) is 0 Å². The zero-order chi connectivity index (χ0) is 22.1. The van der Waals surface area contributed by atoms with Crippen molar-refractivity contribution in [3.63, 3.8) is 0 Å². The predicted molar refractivity (Wildman–Crippen MR) is 118 cm³/mol. The number of nitrogens with zero attached hydrogens (tertiary/aromatic N) is 2. The van der Waals surface area contributed by atoms with Crippen LogP contribution in [0.5, 0.6) is 0 Å². The Kier molecular flexibility index (Phi) is 4.98. The molecular weight excluding hydrogens is 404 g/mol. The lowest BCUT2D eigenvalue weighted by atomic mass is 9.95. The summed E-state index contributed by atoms with van der Waals surface area (Å²) in [5.74, 6) is -1.07. The van der Waals surface area contributed by atoms with Gasteiger partial charge >= 0.3 is 5.97 Å². The van der Waals surface area contributed by atoms with Gasteiger partial charge in [-0.25, -0.2) is 4.79 Å². The number of carbonyl (C=O) groups is 3. The second kappa shape index (κ2) is 7.96. The van der Waals surface area contributed by atoms with Gasteiger partial charge in [-0.05, 0) is 23.3 Å². The Morgan fingerprint density at radius 3 is 2.19 bits per heavy atom. The summed E-state index contributed by atoms with van der Waals surface area (Å²) in [4.78, 5) is 43.3. The molecule has 160 valence electrons. The molecule has 6 heteroatoms. The van der Waals surface area contributed by atoms with E-state index in [9.17, 15) is 14.4 Å². The Bertz CT molecular complexity index is 1180. The third-order valence-corrected chi connectivity index (χ3v) is 6.10. The highest BCUT2D eigenvalue weighted by Gasteiger charge is 2.61. The Hall–Kier alpha value is -3.93. The molecule has 0 bridgehead atoms. The fourth-order valence-corrected chi connectivity index (χ4v) is 4.57. The molecule has 3 aromatic rings. The minimum atomic E-state index is -1.51. The first-order valence-electron chi connectivity index (χ1n) is 10.6. The van der Waals surface area contributed by atoms with Crippen LogP contribution in [0.1, 0.15) is 34.3 Å². The summed E-state index contributed by atoms with van der Waals surface area (Å²) < 4.78 is 5.73. The van der Waals surface area contributed by atoms with Crippen LogP contribution in [0.4, 0.5) is 5.69 Å². The fraction of sp³-hybridized carbons (Fsp3) is 0.192. The van der Waals surface area contributed by atoms with Crippen molar-refractivity contribution in [2.45, 2.75) is 31.7 Å². The van der Waals surface area contributed by atoms with Crippen LogP contribution in [0.2, 0.25) is 0 Å². The van der Waals surface area contributed by atoms with E-state index in [1.165, 1.54) is 9.80 Å². The maximum Gasteiger partial charge on any atom is 0.354 e. The standard InChI is InChI=1S/C26H22N2O4/c29-23-15-16-26(25(31)32-18-20-11-5-2-6-12-20)27(17-19-9-3-1-4-10-19)24(30)21-13-7-8-14-22(21)28(23)26/h1-14H,15-18H2/t26-/m0/s1. The Balaban J connectivity index is 1.59. The van der Waals surface area contributed by atoms with Crippen LogP contribution in [0, 0.1) is 0 Å². The van der Waals surface area contributed by atoms with Gasteiger partial charge in [0.1, 0.15) is 6.61 Å². The molecule has 3 aromatic carbocycles. The van der Waals surface area contributed by atoms with Gasteiger partial charge in [0, 0.05) is 19.4 Å². The van der Waals surface area contributed by atoms with Gasteiger partial charge in [0.15, 0.2) is 0 Å². The van der Waals surface area contributed by atoms with E-state index in [0.29, 0.717) is 11.3 Å². The lowest BCUT2D eigenvalue weighted by Crippen LogP contribution is -2.68. The molecule has 2 heterocycles. The number of amides is 2. The minimum Gasteiger partial charge on any atom is -0.458 e. The molecule has 2 amide bonds. The SMILES string of the molecule is O=C1c2ccccc2N2C(=O)CC[C@]2(C(=O)OCc2ccccc2)N1Cc1ccccc1. The lowest BCUT2D eigenvalue weighted by molar-refractivity contribution is -0.159. The number of para-hydroxylation sites is 1. The van der Waals surface area contributed by atoms with E-state index >= 15 is 0 Å². The summed E-state index contributed by atoms with van der Waals surface area (Å²) in [5.41, 5.74) is 1.07. The smallest absolute Gasteiger partial charge is 0.354 e. The van der Waals surface area contributed by atoms with Crippen molar-refractivity contribution in [2.75, 3.05) is 4.90 Å². The zero-order valence-corrected chi connectivity index (χ0v) is 17.4. The van der Waals surface area contributed by atoms with E-state index in [1.54, 1.807) is 24.3 Å². The summed E-state index contributed by atoms with van der Waals surface area (Å²) >= 11 is 0. The van der Waals surface area contributed by atoms with Crippen molar-refractivity contribution in [3.05, 3.63) is 102 Å². The van der Waals surface area contributed by atoms with Crippen LogP contribution in [0.15, 0.2) is 84.9 Å². The minimum absolute atomic E-state index is 0.0679. The molecule has 1 saturated heterocycles. The van der Waals surface area contributed by atoms with Gasteiger partial charge < -0.3 is 9.64 Å². The van der Waals surface area contributed by atoms with Gasteiger partial charge in [-0.1, -0.05) is 72.8 Å². The van der Waals surface area contributed by atoms with Crippen molar-refractivity contribution < 1.29 is 19.1 Å². The third kappa shape index (κ3) is 3.15. The van der Waals surface area contributed by atoms with E-state index in [-0.39, 0.29) is 37.8 Å². The monoisotopic (exact) mass is 426 g/mol. The number of ether oxygens (including phenoxy) is 1. The highest BCUT2D eigenvalue weighted by atomic mass is 16.5. The van der Waals surface area contributed by atoms with E-state index < -0.39 is 11.6 Å². The molecule has 0 radical (unpaired) electrons. The van der Waals surface area contributed by atoms with Crippen LogP contribution < -0.4 is 4.90 Å². The van der Waals surface area contributed by atoms with E-state index in [0.717, 1.165) is 11.1 Å². The van der Waals surface area contributed by atoms with Gasteiger partial charge in [-0.15, -0.1) is 0 Å². The first-order chi connectivity index (χ1) is 15.6. The molecule has 0 saturated carbocycles. The number of hydrogen-bond donors (Lipinski definition) is 0. The topological polar surface area (TPSA) is 66.9 Å². The van der Waals surface area contributed by atoms with Gasteiger partial charge in [0.2, 0.25) is 11.6 Å². The molecule has 1 atom stereocenters. The number of fused-ring (bicyclic) bond motifs is 3. The average Bonchev–Trinajstić information content (AvgIpc) is 3.20. The fourth-order valence-electron chi connectivity index (χ4n) is 4.57. The molecule has 6 nitrogen and oxygen atoms in total. The largest absolute Gasteiger partial charge is 0.458 e. The number of esters is 1. The lowest BCUT2D eigenvalue weighted by Gasteiger charge is -2.48. The van der Waals surface area contributed by atoms with Gasteiger partial charge in [0.05, 0.1) is 11.3 Å². The summed E-state index contributed by atoms with van der Waals surface area (Å²) in [6, 6.07) is 25.8. The summed E-state index contributed by atoms with van der Waals surface area (Å²) in [7, 11) is 0. The van der Waals surface area contributed by atoms with Crippen molar-refractivity contribution in [3.8, 4) is 0 Å². The van der Waals surface area contributed by atoms with E-state index in [2.05, 4.69) is 0 Å². The van der Waals surface area contributed by atoms with Crippen molar-refractivity contribution in [1.82, 2.24) is 4.90 Å². The van der Waals surface area contributed by atoms with Crippen molar-refractivity contribution >= 4 is 23.5 Å². The molecule has 5 rings (SSSR count). The molecular formula is C26H22N2O4. The Morgan fingerprint density at radius 1 is 0.844 bits per heavy atom. The third-order valence-electron chi connectivity index (χ3n) is 6.10. The molecule has 0 spiro atoms. The van der Waals surface area contributed by atoms with Crippen molar-refractivity contribution in [1.29, 1.82) is 0 Å². The first kappa shape index (κ1) is 20.0. The second-order valence-corrected chi connectivity index (χ2v) is 8.00. The van der Waals surface area contributed by atoms with Gasteiger partial charge in [-0.2, -0.15) is 0 Å². The number of anilines is 1. The molecule has 1 fully saturated rings. The molecule has 2 aliphatic rings. The Labute approximate surface area is 186 Å². The summed E-state index contributed by atoms with van der Waals surface area (Å²) in [5, 5.41) is 0. The highest BCUT2D eigenvalue weighted by Crippen LogP contribution is 2.45. The van der Waals surface area contributed by atoms with Crippen molar-refractivity contribution in [2.24, 2.45) is 0 Å². The number of rotatable bonds is 5. The normalized spacial score (nSPS) is 19.5. The molecule has 2 aliphatic heterocycles. The second-order valence-electron chi connectivity index (χ2n) is 8.00. The van der Waals surface area contributed by atoms with Crippen LogP contribution in [-0.4, -0.2) is 28.3 Å². The number of hydrogen-bond acceptors (Lipinski definition) is 4. The maximum atomic E-state index is 13.7. The van der Waals surface area contributed by atoms with E-state index in [4.69, 9.17) is 4.74 Å². The molecule has 0 aliphatic carbocycles. The van der Waals surface area contributed by atoms with Crippen LogP contribution in [0.25, 0.3) is 0 Å². The molecule has 32 heavy (non-hydrogen) atoms. The quantitative estimate of drug-likeness (QED) is 0.580. The van der Waals surface area contributed by atoms with Gasteiger partial charge in [0.25, 0.3) is 5.91 Å². The van der Waals surface area contributed by atoms with Gasteiger partial charge in [-0.3, -0.25) is 14.5 Å². The van der Waals surface area contributed by atoms with E-state index in [1.807, 2.05) is 60.7 Å². The average molecular weight is 426 g/mol. The number of benzene rings is 3.